The Kier molecular flexibility index (Phi) is 2.45. The molecule has 0 amide bonds. The molecule has 0 saturated heterocycles. The number of carbonyl (C=O) groups excluding carboxylic acids is 1. The van der Waals surface area contributed by atoms with Crippen LogP contribution in [0.3, 0.4) is 0 Å². The highest BCUT2D eigenvalue weighted by Gasteiger charge is 2.26. The third-order valence-electron chi connectivity index (χ3n) is 2.88. The number of aromatic nitrogens is 1. The quantitative estimate of drug-likeness (QED) is 0.715. The molecule has 18 heavy (non-hydrogen) atoms. The molecule has 1 aliphatic rings. The Labute approximate surface area is 105 Å². The van der Waals surface area contributed by atoms with Crippen molar-refractivity contribution in [1.29, 1.82) is 0 Å². The smallest absolute Gasteiger partial charge is 0.345 e. The SMILES string of the molecule is Cc1ccc(C=C2OC(=O)c3cnccc32)cc1. The minimum Gasteiger partial charge on any atom is -0.422 e. The van der Waals surface area contributed by atoms with Gasteiger partial charge in [-0.3, -0.25) is 4.98 Å². The van der Waals surface area contributed by atoms with Gasteiger partial charge in [0.25, 0.3) is 0 Å². The molecule has 0 unspecified atom stereocenters. The molecule has 0 saturated carbocycles. The lowest BCUT2D eigenvalue weighted by atomic mass is 10.1. The van der Waals surface area contributed by atoms with Crippen LogP contribution in [0.5, 0.6) is 0 Å². The summed E-state index contributed by atoms with van der Waals surface area (Å²) in [6.45, 7) is 2.04. The summed E-state index contributed by atoms with van der Waals surface area (Å²) in [4.78, 5) is 15.5. The Balaban J connectivity index is 2.04. The molecule has 0 radical (unpaired) electrons. The van der Waals surface area contributed by atoms with Gasteiger partial charge in [-0.1, -0.05) is 29.8 Å². The van der Waals surface area contributed by atoms with E-state index in [-0.39, 0.29) is 5.97 Å². The zero-order chi connectivity index (χ0) is 12.5. The summed E-state index contributed by atoms with van der Waals surface area (Å²) in [7, 11) is 0. The molecule has 3 nitrogen and oxygen atoms in total. The van der Waals surface area contributed by atoms with Crippen molar-refractivity contribution >= 4 is 17.8 Å². The van der Waals surface area contributed by atoms with Crippen LogP contribution in [-0.4, -0.2) is 11.0 Å². The van der Waals surface area contributed by atoms with Crippen LogP contribution in [0.1, 0.15) is 27.0 Å². The van der Waals surface area contributed by atoms with E-state index >= 15 is 0 Å². The van der Waals surface area contributed by atoms with Gasteiger partial charge in [0.05, 0.1) is 5.56 Å². The monoisotopic (exact) mass is 237 g/mol. The largest absolute Gasteiger partial charge is 0.422 e. The van der Waals surface area contributed by atoms with E-state index in [4.69, 9.17) is 4.74 Å². The number of cyclic esters (lactones) is 1. The lowest BCUT2D eigenvalue weighted by Gasteiger charge is -1.99. The van der Waals surface area contributed by atoms with Crippen LogP contribution >= 0.6 is 0 Å². The summed E-state index contributed by atoms with van der Waals surface area (Å²) < 4.78 is 5.25. The number of nitrogens with zero attached hydrogens (tertiary/aromatic N) is 1. The Bertz CT molecular complexity index is 642. The number of esters is 1. The molecule has 0 aliphatic carbocycles. The molecule has 3 heteroatoms. The van der Waals surface area contributed by atoms with Gasteiger partial charge in [0.15, 0.2) is 0 Å². The van der Waals surface area contributed by atoms with Gasteiger partial charge in [0.2, 0.25) is 0 Å². The van der Waals surface area contributed by atoms with Crippen molar-refractivity contribution < 1.29 is 9.53 Å². The Hall–Kier alpha value is -2.42. The van der Waals surface area contributed by atoms with Crippen LogP contribution < -0.4 is 0 Å². The molecule has 0 atom stereocenters. The molecular formula is C15H11NO2. The van der Waals surface area contributed by atoms with Gasteiger partial charge in [-0.25, -0.2) is 4.79 Å². The van der Waals surface area contributed by atoms with E-state index in [0.717, 1.165) is 11.1 Å². The highest BCUT2D eigenvalue weighted by molar-refractivity contribution is 6.05. The summed E-state index contributed by atoms with van der Waals surface area (Å²) >= 11 is 0. The maximum atomic E-state index is 11.6. The second-order valence-electron chi connectivity index (χ2n) is 4.23. The van der Waals surface area contributed by atoms with Crippen LogP contribution in [0.25, 0.3) is 11.8 Å². The van der Waals surface area contributed by atoms with Crippen LogP contribution in [0.15, 0.2) is 42.7 Å². The van der Waals surface area contributed by atoms with Crippen molar-refractivity contribution in [3.8, 4) is 0 Å². The predicted molar refractivity (Wildman–Crippen MR) is 68.7 cm³/mol. The molecule has 88 valence electrons. The van der Waals surface area contributed by atoms with E-state index in [2.05, 4.69) is 4.98 Å². The van der Waals surface area contributed by atoms with E-state index in [9.17, 15) is 4.79 Å². The normalized spacial score (nSPS) is 15.6. The molecule has 3 rings (SSSR count). The average Bonchev–Trinajstić information content (AvgIpc) is 2.70. The fourth-order valence-electron chi connectivity index (χ4n) is 1.90. The second-order valence-corrected chi connectivity index (χ2v) is 4.23. The number of hydrogen-bond acceptors (Lipinski definition) is 3. The second kappa shape index (κ2) is 4.11. The predicted octanol–water partition coefficient (Wildman–Crippen LogP) is 3.06. The van der Waals surface area contributed by atoms with Gasteiger partial charge in [-0.2, -0.15) is 0 Å². The Morgan fingerprint density at radius 2 is 1.89 bits per heavy atom. The molecule has 1 aliphatic heterocycles. The fraction of sp³-hybridized carbons (Fsp3) is 0.0667. The summed E-state index contributed by atoms with van der Waals surface area (Å²) in [5.74, 6) is 0.248. The van der Waals surface area contributed by atoms with Crippen molar-refractivity contribution in [2.75, 3.05) is 0 Å². The number of aryl methyl sites for hydroxylation is 1. The highest BCUT2D eigenvalue weighted by Crippen LogP contribution is 2.30. The first kappa shape index (κ1) is 10.7. The third kappa shape index (κ3) is 1.80. The lowest BCUT2D eigenvalue weighted by Crippen LogP contribution is -1.93. The Morgan fingerprint density at radius 3 is 2.67 bits per heavy atom. The third-order valence-corrected chi connectivity index (χ3v) is 2.88. The van der Waals surface area contributed by atoms with Gasteiger partial charge in [-0.15, -0.1) is 0 Å². The van der Waals surface area contributed by atoms with Crippen molar-refractivity contribution in [3.05, 3.63) is 65.0 Å². The first-order valence-electron chi connectivity index (χ1n) is 5.69. The highest BCUT2D eigenvalue weighted by atomic mass is 16.5. The van der Waals surface area contributed by atoms with E-state index in [1.165, 1.54) is 11.8 Å². The maximum Gasteiger partial charge on any atom is 0.345 e. The summed E-state index contributed by atoms with van der Waals surface area (Å²) in [6, 6.07) is 9.83. The molecule has 0 N–H and O–H groups in total. The number of rotatable bonds is 1. The van der Waals surface area contributed by atoms with Crippen LogP contribution in [0.4, 0.5) is 0 Å². The van der Waals surface area contributed by atoms with Gasteiger partial charge >= 0.3 is 5.97 Å². The molecule has 0 spiro atoms. The molecule has 0 fully saturated rings. The zero-order valence-electron chi connectivity index (χ0n) is 9.88. The molecule has 1 aromatic heterocycles. The standard InChI is InChI=1S/C15H11NO2/c1-10-2-4-11(5-3-10)8-14-12-6-7-16-9-13(12)15(17)18-14/h2-9H,1H3. The van der Waals surface area contributed by atoms with Crippen molar-refractivity contribution in [1.82, 2.24) is 4.98 Å². The van der Waals surface area contributed by atoms with E-state index in [0.29, 0.717) is 11.3 Å². The lowest BCUT2D eigenvalue weighted by molar-refractivity contribution is 0.0717. The van der Waals surface area contributed by atoms with Gasteiger partial charge < -0.3 is 4.74 Å². The van der Waals surface area contributed by atoms with E-state index in [1.54, 1.807) is 12.3 Å². The van der Waals surface area contributed by atoms with Crippen LogP contribution in [0.2, 0.25) is 0 Å². The number of pyridine rings is 1. The van der Waals surface area contributed by atoms with E-state index < -0.39 is 0 Å². The summed E-state index contributed by atoms with van der Waals surface area (Å²) in [6.07, 6.45) is 5.06. The first-order chi connectivity index (χ1) is 8.74. The number of fused-ring (bicyclic) bond motifs is 1. The van der Waals surface area contributed by atoms with Crippen LogP contribution in [0, 0.1) is 6.92 Å². The Morgan fingerprint density at radius 1 is 1.11 bits per heavy atom. The number of hydrogen-bond donors (Lipinski definition) is 0. The van der Waals surface area contributed by atoms with E-state index in [1.807, 2.05) is 37.3 Å². The van der Waals surface area contributed by atoms with Gasteiger partial charge in [0.1, 0.15) is 5.76 Å². The first-order valence-corrected chi connectivity index (χ1v) is 5.69. The molecule has 2 aromatic rings. The minimum absolute atomic E-state index is 0.337. The number of ether oxygens (including phenoxy) is 1. The fourth-order valence-corrected chi connectivity index (χ4v) is 1.90. The van der Waals surface area contributed by atoms with Crippen molar-refractivity contribution in [2.45, 2.75) is 6.92 Å². The molecular weight excluding hydrogens is 226 g/mol. The molecule has 1 aromatic carbocycles. The molecule has 0 bridgehead atoms. The van der Waals surface area contributed by atoms with Crippen LogP contribution in [-0.2, 0) is 4.74 Å². The average molecular weight is 237 g/mol. The zero-order valence-corrected chi connectivity index (χ0v) is 9.88. The summed E-state index contributed by atoms with van der Waals surface area (Å²) in [5, 5.41) is 0. The van der Waals surface area contributed by atoms with Gasteiger partial charge in [0, 0.05) is 18.0 Å². The topological polar surface area (TPSA) is 39.2 Å². The number of carbonyl (C=O) groups is 1. The van der Waals surface area contributed by atoms with Gasteiger partial charge in [-0.05, 0) is 24.6 Å². The van der Waals surface area contributed by atoms with Crippen molar-refractivity contribution in [2.24, 2.45) is 0 Å². The number of benzene rings is 1. The maximum absolute atomic E-state index is 11.6. The minimum atomic E-state index is -0.337. The molecule has 2 heterocycles. The van der Waals surface area contributed by atoms with Crippen molar-refractivity contribution in [3.63, 3.8) is 0 Å². The summed E-state index contributed by atoms with van der Waals surface area (Å²) in [5.41, 5.74) is 3.53.